The molecule has 1 unspecified atom stereocenters. The van der Waals surface area contributed by atoms with Crippen molar-refractivity contribution >= 4 is 17.9 Å². The number of carbonyl (C=O) groups excluding carboxylic acids is 2. The summed E-state index contributed by atoms with van der Waals surface area (Å²) in [7, 11) is 0. The van der Waals surface area contributed by atoms with Crippen molar-refractivity contribution in [2.75, 3.05) is 0 Å². The maximum absolute atomic E-state index is 11.3. The van der Waals surface area contributed by atoms with Gasteiger partial charge in [0.2, 0.25) is 5.91 Å². The van der Waals surface area contributed by atoms with Crippen molar-refractivity contribution in [3.8, 4) is 12.3 Å². The molecule has 94 valence electrons. The molecule has 0 saturated carbocycles. The van der Waals surface area contributed by atoms with E-state index in [4.69, 9.17) is 17.3 Å². The van der Waals surface area contributed by atoms with Gasteiger partial charge in [-0.1, -0.05) is 0 Å². The van der Waals surface area contributed by atoms with Crippen molar-refractivity contribution in [1.29, 1.82) is 0 Å². The smallest absolute Gasteiger partial charge is 0.326 e. The van der Waals surface area contributed by atoms with E-state index in [2.05, 4.69) is 16.6 Å². The van der Waals surface area contributed by atoms with Gasteiger partial charge in [0.15, 0.2) is 0 Å². The van der Waals surface area contributed by atoms with Crippen LogP contribution in [0.4, 0.5) is 4.79 Å². The number of urea groups is 1. The molecule has 0 bridgehead atoms. The highest BCUT2D eigenvalue weighted by Gasteiger charge is 2.22. The van der Waals surface area contributed by atoms with E-state index in [0.29, 0.717) is 6.42 Å². The number of terminal acetylenes is 1. The van der Waals surface area contributed by atoms with Crippen molar-refractivity contribution in [1.82, 2.24) is 10.6 Å². The maximum Gasteiger partial charge on any atom is 0.326 e. The minimum Gasteiger partial charge on any atom is -0.480 e. The van der Waals surface area contributed by atoms with Gasteiger partial charge in [-0.25, -0.2) is 9.59 Å². The van der Waals surface area contributed by atoms with E-state index >= 15 is 0 Å². The lowest BCUT2D eigenvalue weighted by Crippen LogP contribution is -2.49. The molecule has 0 rings (SSSR count). The van der Waals surface area contributed by atoms with Gasteiger partial charge in [0, 0.05) is 12.5 Å². The lowest BCUT2D eigenvalue weighted by molar-refractivity contribution is -0.140. The average molecular weight is 241 g/mol. The first kappa shape index (κ1) is 14.8. The summed E-state index contributed by atoms with van der Waals surface area (Å²) < 4.78 is 0. The van der Waals surface area contributed by atoms with Crippen LogP contribution in [0.25, 0.3) is 0 Å². The molecule has 17 heavy (non-hydrogen) atoms. The van der Waals surface area contributed by atoms with Crippen molar-refractivity contribution in [3.05, 3.63) is 0 Å². The summed E-state index contributed by atoms with van der Waals surface area (Å²) in [4.78, 5) is 32.6. The highest BCUT2D eigenvalue weighted by Crippen LogP contribution is 1.93. The minimum atomic E-state index is -1.34. The minimum absolute atomic E-state index is 0.289. The first-order chi connectivity index (χ1) is 7.86. The molecule has 0 aromatic carbocycles. The Morgan fingerprint density at radius 1 is 1.41 bits per heavy atom. The maximum atomic E-state index is 11.3. The van der Waals surface area contributed by atoms with Crippen LogP contribution < -0.4 is 16.4 Å². The number of aliphatic carboxylic acids is 1. The molecule has 0 radical (unpaired) electrons. The summed E-state index contributed by atoms with van der Waals surface area (Å²) in [5, 5.41) is 13.3. The Bertz CT molecular complexity index is 348. The molecular formula is C10H15N3O4. The lowest BCUT2D eigenvalue weighted by Gasteiger charge is -2.16. The molecule has 7 heteroatoms. The van der Waals surface area contributed by atoms with E-state index in [1.54, 1.807) is 6.92 Å². The molecule has 0 aliphatic carbocycles. The van der Waals surface area contributed by atoms with Gasteiger partial charge in [0.1, 0.15) is 6.04 Å². The normalized spacial score (nSPS) is 12.9. The highest BCUT2D eigenvalue weighted by molar-refractivity contribution is 5.87. The Morgan fingerprint density at radius 3 is 2.41 bits per heavy atom. The molecule has 5 N–H and O–H groups in total. The lowest BCUT2D eigenvalue weighted by atomic mass is 10.2. The third-order valence-corrected chi connectivity index (χ3v) is 1.81. The number of nitrogens with two attached hydrogens (primary N) is 1. The number of carboxylic acids is 1. The molecule has 0 fully saturated rings. The third kappa shape index (κ3) is 6.78. The predicted molar refractivity (Wildman–Crippen MR) is 59.8 cm³/mol. The number of rotatable bonds is 6. The molecule has 0 aliphatic rings. The van der Waals surface area contributed by atoms with Crippen molar-refractivity contribution in [2.24, 2.45) is 5.73 Å². The standard InChI is InChI=1S/C10H15N3O4/c1-3-4-6(2)12-10(17)13-7(9(15)16)5-8(11)14/h1,6-7H,4-5H2,2H3,(H2,11,14)(H,15,16)(H2,12,13,17)/t6?,7-/m1/s1. The van der Waals surface area contributed by atoms with Gasteiger partial charge < -0.3 is 21.5 Å². The van der Waals surface area contributed by atoms with E-state index in [1.807, 2.05) is 0 Å². The van der Waals surface area contributed by atoms with E-state index in [1.165, 1.54) is 0 Å². The zero-order chi connectivity index (χ0) is 13.4. The number of nitrogens with one attached hydrogen (secondary N) is 2. The van der Waals surface area contributed by atoms with Crippen molar-refractivity contribution in [2.45, 2.75) is 31.8 Å². The van der Waals surface area contributed by atoms with E-state index < -0.39 is 30.4 Å². The van der Waals surface area contributed by atoms with Crippen molar-refractivity contribution in [3.63, 3.8) is 0 Å². The first-order valence-electron chi connectivity index (χ1n) is 4.88. The Hall–Kier alpha value is -2.23. The number of primary amides is 1. The SMILES string of the molecule is C#CCC(C)NC(=O)N[C@H](CC(N)=O)C(=O)O. The number of amides is 3. The van der Waals surface area contributed by atoms with E-state index in [0.717, 1.165) is 0 Å². The third-order valence-electron chi connectivity index (χ3n) is 1.81. The largest absolute Gasteiger partial charge is 0.480 e. The summed E-state index contributed by atoms with van der Waals surface area (Å²) in [5.74, 6) is 0.207. The second-order valence-electron chi connectivity index (χ2n) is 3.49. The van der Waals surface area contributed by atoms with Gasteiger partial charge in [0.25, 0.3) is 0 Å². The Morgan fingerprint density at radius 2 is 2.00 bits per heavy atom. The topological polar surface area (TPSA) is 122 Å². The molecule has 0 aliphatic heterocycles. The van der Waals surface area contributed by atoms with Crippen LogP contribution in [0.5, 0.6) is 0 Å². The van der Waals surface area contributed by atoms with Crippen LogP contribution in [-0.4, -0.2) is 35.1 Å². The molecule has 0 aromatic heterocycles. The summed E-state index contributed by atoms with van der Waals surface area (Å²) >= 11 is 0. The predicted octanol–water partition coefficient (Wildman–Crippen LogP) is -0.974. The zero-order valence-electron chi connectivity index (χ0n) is 9.40. The quantitative estimate of drug-likeness (QED) is 0.447. The van der Waals surface area contributed by atoms with E-state index in [9.17, 15) is 14.4 Å². The molecule has 7 nitrogen and oxygen atoms in total. The molecule has 0 spiro atoms. The molecule has 0 saturated heterocycles. The summed E-state index contributed by atoms with van der Waals surface area (Å²) in [6.07, 6.45) is 4.90. The Kier molecular flexibility index (Phi) is 6.18. The average Bonchev–Trinajstić information content (AvgIpc) is 2.15. The number of carboxylic acid groups (broad SMARTS) is 1. The van der Waals surface area contributed by atoms with Gasteiger partial charge in [0.05, 0.1) is 6.42 Å². The monoisotopic (exact) mass is 241 g/mol. The van der Waals surface area contributed by atoms with Gasteiger partial charge in [-0.3, -0.25) is 4.79 Å². The van der Waals surface area contributed by atoms with Gasteiger partial charge >= 0.3 is 12.0 Å². The molecule has 0 heterocycles. The van der Waals surface area contributed by atoms with Gasteiger partial charge in [-0.05, 0) is 6.92 Å². The Balaban J connectivity index is 4.27. The molecule has 0 aromatic rings. The molecular weight excluding hydrogens is 226 g/mol. The van der Waals surface area contributed by atoms with Crippen molar-refractivity contribution < 1.29 is 19.5 Å². The fourth-order valence-electron chi connectivity index (χ4n) is 1.05. The van der Waals surface area contributed by atoms with Gasteiger partial charge in [-0.15, -0.1) is 12.3 Å². The number of carbonyl (C=O) groups is 3. The highest BCUT2D eigenvalue weighted by atomic mass is 16.4. The summed E-state index contributed by atoms with van der Waals surface area (Å²) in [5.41, 5.74) is 4.86. The van der Waals surface area contributed by atoms with Crippen LogP contribution in [0.1, 0.15) is 19.8 Å². The summed E-state index contributed by atoms with van der Waals surface area (Å²) in [6.45, 7) is 1.67. The summed E-state index contributed by atoms with van der Waals surface area (Å²) in [6, 6.07) is -2.34. The fourth-order valence-corrected chi connectivity index (χ4v) is 1.05. The second-order valence-corrected chi connectivity index (χ2v) is 3.49. The molecule has 2 atom stereocenters. The zero-order valence-corrected chi connectivity index (χ0v) is 9.40. The number of hydrogen-bond donors (Lipinski definition) is 4. The number of hydrogen-bond acceptors (Lipinski definition) is 3. The van der Waals surface area contributed by atoms with Crippen LogP contribution in [0.2, 0.25) is 0 Å². The van der Waals surface area contributed by atoms with Crippen LogP contribution >= 0.6 is 0 Å². The fraction of sp³-hybridized carbons (Fsp3) is 0.500. The van der Waals surface area contributed by atoms with Crippen LogP contribution in [0.15, 0.2) is 0 Å². The van der Waals surface area contributed by atoms with Crippen LogP contribution in [0.3, 0.4) is 0 Å². The van der Waals surface area contributed by atoms with E-state index in [-0.39, 0.29) is 6.04 Å². The first-order valence-corrected chi connectivity index (χ1v) is 4.88. The second kappa shape index (κ2) is 7.11. The van der Waals surface area contributed by atoms with Crippen LogP contribution in [0, 0.1) is 12.3 Å². The molecule has 3 amide bonds. The van der Waals surface area contributed by atoms with Crippen LogP contribution in [-0.2, 0) is 9.59 Å². The van der Waals surface area contributed by atoms with Gasteiger partial charge in [-0.2, -0.15) is 0 Å². The Labute approximate surface area is 98.7 Å².